The summed E-state index contributed by atoms with van der Waals surface area (Å²) in [4.78, 5) is 14.5. The van der Waals surface area contributed by atoms with Gasteiger partial charge in [0.1, 0.15) is 5.75 Å². The van der Waals surface area contributed by atoms with Crippen molar-refractivity contribution in [2.75, 3.05) is 12.0 Å². The van der Waals surface area contributed by atoms with Crippen molar-refractivity contribution in [2.24, 2.45) is 0 Å². The van der Waals surface area contributed by atoms with Crippen molar-refractivity contribution in [2.45, 2.75) is 32.4 Å². The lowest BCUT2D eigenvalue weighted by atomic mass is 10.1. The summed E-state index contributed by atoms with van der Waals surface area (Å²) in [5, 5.41) is 0. The molecule has 126 valence electrons. The molecule has 0 fully saturated rings. The van der Waals surface area contributed by atoms with Gasteiger partial charge in [0.15, 0.2) is 17.7 Å². The van der Waals surface area contributed by atoms with Gasteiger partial charge in [-0.2, -0.15) is 0 Å². The fourth-order valence-electron chi connectivity index (χ4n) is 2.96. The van der Waals surface area contributed by atoms with Gasteiger partial charge >= 0.3 is 0 Å². The van der Waals surface area contributed by atoms with E-state index in [4.69, 9.17) is 9.47 Å². The number of para-hydroxylation sites is 1. The van der Waals surface area contributed by atoms with Crippen molar-refractivity contribution in [1.29, 1.82) is 0 Å². The number of hydrogen-bond acceptors (Lipinski definition) is 3. The summed E-state index contributed by atoms with van der Waals surface area (Å²) in [5.41, 5.74) is 1.51. The van der Waals surface area contributed by atoms with Crippen molar-refractivity contribution in [3.8, 4) is 11.5 Å². The van der Waals surface area contributed by atoms with E-state index in [1.165, 1.54) is 19.2 Å². The number of benzene rings is 2. The van der Waals surface area contributed by atoms with E-state index in [2.05, 4.69) is 0 Å². The molecule has 1 aliphatic heterocycles. The van der Waals surface area contributed by atoms with Crippen LogP contribution in [-0.2, 0) is 11.2 Å². The second-order valence-electron chi connectivity index (χ2n) is 6.04. The predicted molar refractivity (Wildman–Crippen MR) is 90.1 cm³/mol. The molecule has 0 N–H and O–H groups in total. The largest absolute Gasteiger partial charge is 0.494 e. The minimum absolute atomic E-state index is 0.127. The molecule has 1 heterocycles. The number of rotatable bonds is 4. The zero-order valence-corrected chi connectivity index (χ0v) is 14.0. The van der Waals surface area contributed by atoms with Crippen molar-refractivity contribution in [3.05, 3.63) is 53.8 Å². The second kappa shape index (κ2) is 6.51. The summed E-state index contributed by atoms with van der Waals surface area (Å²) in [6.45, 7) is 3.78. The Bertz CT molecular complexity index is 735. The van der Waals surface area contributed by atoms with Gasteiger partial charge in [-0.05, 0) is 37.6 Å². The Kier molecular flexibility index (Phi) is 4.42. The zero-order valence-electron chi connectivity index (χ0n) is 14.0. The minimum Gasteiger partial charge on any atom is -0.494 e. The zero-order chi connectivity index (χ0) is 17.3. The van der Waals surface area contributed by atoms with E-state index in [-0.39, 0.29) is 17.7 Å². The lowest BCUT2D eigenvalue weighted by molar-refractivity contribution is -0.124. The van der Waals surface area contributed by atoms with Crippen LogP contribution in [0.4, 0.5) is 10.1 Å². The fraction of sp³-hybridized carbons (Fsp3) is 0.316. The Hall–Kier alpha value is -2.56. The maximum Gasteiger partial charge on any atom is 0.268 e. The third kappa shape index (κ3) is 2.94. The van der Waals surface area contributed by atoms with Gasteiger partial charge in [-0.3, -0.25) is 4.79 Å². The van der Waals surface area contributed by atoms with Crippen LogP contribution >= 0.6 is 0 Å². The Morgan fingerprint density at radius 2 is 2.04 bits per heavy atom. The Morgan fingerprint density at radius 1 is 1.29 bits per heavy atom. The molecule has 0 unspecified atom stereocenters. The molecule has 3 rings (SSSR count). The number of amides is 1. The van der Waals surface area contributed by atoms with Crippen molar-refractivity contribution in [3.63, 3.8) is 0 Å². The average Bonchev–Trinajstić information content (AvgIpc) is 2.99. The van der Waals surface area contributed by atoms with Crippen LogP contribution in [-0.4, -0.2) is 25.2 Å². The van der Waals surface area contributed by atoms with E-state index in [0.717, 1.165) is 11.3 Å². The molecule has 0 aromatic heterocycles. The first kappa shape index (κ1) is 16.3. The number of carbonyl (C=O) groups excluding carboxylic acids is 1. The number of hydrogen-bond donors (Lipinski definition) is 0. The van der Waals surface area contributed by atoms with E-state index >= 15 is 0 Å². The number of anilines is 1. The first-order valence-corrected chi connectivity index (χ1v) is 7.92. The minimum atomic E-state index is -0.588. The van der Waals surface area contributed by atoms with Crippen LogP contribution in [0.3, 0.4) is 0 Å². The summed E-state index contributed by atoms with van der Waals surface area (Å²) in [7, 11) is 1.41. The molecule has 5 heteroatoms. The average molecular weight is 329 g/mol. The van der Waals surface area contributed by atoms with Gasteiger partial charge in [0, 0.05) is 24.2 Å². The smallest absolute Gasteiger partial charge is 0.268 e. The maximum absolute atomic E-state index is 14.0. The van der Waals surface area contributed by atoms with Crippen LogP contribution in [0.15, 0.2) is 42.5 Å². The highest BCUT2D eigenvalue weighted by molar-refractivity contribution is 5.98. The molecule has 0 radical (unpaired) electrons. The molecular weight excluding hydrogens is 309 g/mol. The number of ether oxygens (including phenoxy) is 2. The topological polar surface area (TPSA) is 38.8 Å². The third-order valence-electron chi connectivity index (χ3n) is 4.09. The molecule has 2 aromatic carbocycles. The number of halogens is 1. The van der Waals surface area contributed by atoms with E-state index in [1.54, 1.807) is 11.0 Å². The fourth-order valence-corrected chi connectivity index (χ4v) is 2.96. The van der Waals surface area contributed by atoms with Crippen molar-refractivity contribution < 1.29 is 18.7 Å². The molecule has 2 aromatic rings. The van der Waals surface area contributed by atoms with E-state index in [1.807, 2.05) is 38.1 Å². The molecule has 4 nitrogen and oxygen atoms in total. The maximum atomic E-state index is 14.0. The van der Waals surface area contributed by atoms with Crippen molar-refractivity contribution >= 4 is 11.6 Å². The highest BCUT2D eigenvalue weighted by Crippen LogP contribution is 2.31. The SMILES string of the molecule is COc1ccc(N(C(=O)[C@H]2Cc3ccccc3O2)C(C)C)cc1F. The predicted octanol–water partition coefficient (Wildman–Crippen LogP) is 3.58. The van der Waals surface area contributed by atoms with E-state index in [0.29, 0.717) is 12.1 Å². The summed E-state index contributed by atoms with van der Waals surface area (Å²) in [6.07, 6.45) is -0.0633. The molecule has 0 spiro atoms. The molecule has 1 aliphatic rings. The normalized spacial score (nSPS) is 15.8. The monoisotopic (exact) mass is 329 g/mol. The summed E-state index contributed by atoms with van der Waals surface area (Å²) in [6, 6.07) is 12.0. The van der Waals surface area contributed by atoms with Crippen LogP contribution in [0.1, 0.15) is 19.4 Å². The quantitative estimate of drug-likeness (QED) is 0.860. The third-order valence-corrected chi connectivity index (χ3v) is 4.09. The first-order valence-electron chi connectivity index (χ1n) is 7.92. The Labute approximate surface area is 140 Å². The summed E-state index contributed by atoms with van der Waals surface area (Å²) >= 11 is 0. The molecule has 0 aliphatic carbocycles. The van der Waals surface area contributed by atoms with Crippen LogP contribution in [0.5, 0.6) is 11.5 Å². The lowest BCUT2D eigenvalue weighted by Crippen LogP contribution is -2.45. The molecule has 1 amide bonds. The summed E-state index contributed by atoms with van der Waals surface area (Å²) in [5.74, 6) is 0.217. The van der Waals surface area contributed by atoms with Crippen LogP contribution in [0.2, 0.25) is 0 Å². The molecule has 0 bridgehead atoms. The van der Waals surface area contributed by atoms with E-state index in [9.17, 15) is 9.18 Å². The summed E-state index contributed by atoms with van der Waals surface area (Å²) < 4.78 is 24.8. The van der Waals surface area contributed by atoms with Crippen molar-refractivity contribution in [1.82, 2.24) is 0 Å². The van der Waals surface area contributed by atoms with Crippen LogP contribution in [0, 0.1) is 5.82 Å². The second-order valence-corrected chi connectivity index (χ2v) is 6.04. The van der Waals surface area contributed by atoms with Gasteiger partial charge in [0.05, 0.1) is 7.11 Å². The van der Waals surface area contributed by atoms with E-state index < -0.39 is 11.9 Å². The standard InChI is InChI=1S/C19H20FNO3/c1-12(2)21(14-8-9-17(23-3)15(20)11-14)19(22)18-10-13-6-4-5-7-16(13)24-18/h4-9,11-12,18H,10H2,1-3H3/t18-/m1/s1. The number of nitrogens with zero attached hydrogens (tertiary/aromatic N) is 1. The highest BCUT2D eigenvalue weighted by atomic mass is 19.1. The number of methoxy groups -OCH3 is 1. The van der Waals surface area contributed by atoms with Gasteiger partial charge in [0.25, 0.3) is 5.91 Å². The van der Waals surface area contributed by atoms with Gasteiger partial charge < -0.3 is 14.4 Å². The van der Waals surface area contributed by atoms with Gasteiger partial charge in [-0.15, -0.1) is 0 Å². The van der Waals surface area contributed by atoms with Gasteiger partial charge in [0.2, 0.25) is 0 Å². The molecule has 0 saturated heterocycles. The molecule has 24 heavy (non-hydrogen) atoms. The lowest BCUT2D eigenvalue weighted by Gasteiger charge is -2.29. The molecular formula is C19H20FNO3. The molecule has 1 atom stereocenters. The van der Waals surface area contributed by atoms with Crippen LogP contribution in [0.25, 0.3) is 0 Å². The Morgan fingerprint density at radius 3 is 2.67 bits per heavy atom. The van der Waals surface area contributed by atoms with Gasteiger partial charge in [-0.25, -0.2) is 4.39 Å². The highest BCUT2D eigenvalue weighted by Gasteiger charge is 2.34. The Balaban J connectivity index is 1.87. The number of carbonyl (C=O) groups is 1. The van der Waals surface area contributed by atoms with Gasteiger partial charge in [-0.1, -0.05) is 18.2 Å². The number of fused-ring (bicyclic) bond motifs is 1. The first-order chi connectivity index (χ1) is 11.5. The van der Waals surface area contributed by atoms with Crippen LogP contribution < -0.4 is 14.4 Å². The molecule has 0 saturated carbocycles.